The first-order chi connectivity index (χ1) is 29.8. The lowest BCUT2D eigenvalue weighted by molar-refractivity contribution is 0.775. The molecule has 282 valence electrons. The molecule has 11 rings (SSSR count). The summed E-state index contributed by atoms with van der Waals surface area (Å²) in [6, 6.07) is 91.1. The highest BCUT2D eigenvalue weighted by Gasteiger charge is 2.47. The van der Waals surface area contributed by atoms with Crippen molar-refractivity contribution in [2.45, 2.75) is 5.41 Å². The molecule has 0 fully saturated rings. The van der Waals surface area contributed by atoms with Gasteiger partial charge in [-0.3, -0.25) is 0 Å². The van der Waals surface area contributed by atoms with Crippen LogP contribution in [0.25, 0.3) is 55.3 Å². The molecule has 0 amide bonds. The number of fused-ring (bicyclic) bond motifs is 5. The molecule has 0 heterocycles. The van der Waals surface area contributed by atoms with Crippen molar-refractivity contribution in [1.29, 1.82) is 0 Å². The van der Waals surface area contributed by atoms with E-state index in [1.807, 2.05) is 0 Å². The molecule has 60 heavy (non-hydrogen) atoms. The molecular formula is C59H41N. The maximum absolute atomic E-state index is 2.48. The van der Waals surface area contributed by atoms with E-state index in [0.717, 1.165) is 17.1 Å². The van der Waals surface area contributed by atoms with Crippen molar-refractivity contribution in [3.8, 4) is 44.5 Å². The van der Waals surface area contributed by atoms with E-state index >= 15 is 0 Å². The van der Waals surface area contributed by atoms with E-state index in [-0.39, 0.29) is 0 Å². The summed E-state index contributed by atoms with van der Waals surface area (Å²) in [7, 11) is 0. The van der Waals surface area contributed by atoms with Gasteiger partial charge in [-0.15, -0.1) is 0 Å². The van der Waals surface area contributed by atoms with Crippen molar-refractivity contribution in [2.24, 2.45) is 0 Å². The molecule has 0 spiro atoms. The zero-order chi connectivity index (χ0) is 39.9. The molecule has 1 aliphatic rings. The van der Waals surface area contributed by atoms with Gasteiger partial charge in [-0.1, -0.05) is 212 Å². The van der Waals surface area contributed by atoms with E-state index < -0.39 is 5.41 Å². The quantitative estimate of drug-likeness (QED) is 0.149. The van der Waals surface area contributed by atoms with Crippen LogP contribution in [0.2, 0.25) is 0 Å². The summed E-state index contributed by atoms with van der Waals surface area (Å²) in [6.07, 6.45) is 0. The minimum Gasteiger partial charge on any atom is -0.310 e. The van der Waals surface area contributed by atoms with E-state index in [4.69, 9.17) is 0 Å². The van der Waals surface area contributed by atoms with E-state index in [0.29, 0.717) is 0 Å². The van der Waals surface area contributed by atoms with Gasteiger partial charge in [-0.05, 0) is 109 Å². The van der Waals surface area contributed by atoms with Crippen LogP contribution in [0.4, 0.5) is 17.1 Å². The highest BCUT2D eigenvalue weighted by molar-refractivity contribution is 6.09. The number of rotatable bonds is 8. The Kier molecular flexibility index (Phi) is 8.79. The Hall–Kier alpha value is -7.74. The SMILES string of the molecule is c1ccc(-c2ccc(N(c3ccc(-c4ccccc4)cc3)c3cc4c(c5ccc(-c6ccccc6)cc35)C(c3ccccc3)(c3ccccc3)c3ccccc3-4)cc2)cc1. The molecule has 0 N–H and O–H groups in total. The molecule has 0 radical (unpaired) electrons. The van der Waals surface area contributed by atoms with Crippen molar-refractivity contribution >= 4 is 27.8 Å². The second-order valence-corrected chi connectivity index (χ2v) is 15.6. The molecule has 0 saturated heterocycles. The lowest BCUT2D eigenvalue weighted by Crippen LogP contribution is -2.29. The van der Waals surface area contributed by atoms with Crippen molar-refractivity contribution in [2.75, 3.05) is 4.90 Å². The molecular weight excluding hydrogens is 723 g/mol. The molecule has 0 aromatic heterocycles. The van der Waals surface area contributed by atoms with Gasteiger partial charge in [0.25, 0.3) is 0 Å². The fourth-order valence-corrected chi connectivity index (χ4v) is 9.63. The molecule has 0 bridgehead atoms. The van der Waals surface area contributed by atoms with Gasteiger partial charge >= 0.3 is 0 Å². The van der Waals surface area contributed by atoms with Crippen molar-refractivity contribution in [3.05, 3.63) is 271 Å². The highest BCUT2D eigenvalue weighted by Crippen LogP contribution is 2.60. The van der Waals surface area contributed by atoms with Gasteiger partial charge in [-0.2, -0.15) is 0 Å². The Morgan fingerprint density at radius 3 is 1.18 bits per heavy atom. The summed E-state index contributed by atoms with van der Waals surface area (Å²) in [6.45, 7) is 0. The predicted molar refractivity (Wildman–Crippen MR) is 252 cm³/mol. The van der Waals surface area contributed by atoms with Crippen LogP contribution in [0.1, 0.15) is 22.3 Å². The lowest BCUT2D eigenvalue weighted by atomic mass is 9.66. The maximum atomic E-state index is 2.48. The second-order valence-electron chi connectivity index (χ2n) is 15.6. The molecule has 1 heteroatoms. The highest BCUT2D eigenvalue weighted by atomic mass is 15.1. The number of anilines is 3. The predicted octanol–water partition coefficient (Wildman–Crippen LogP) is 15.7. The van der Waals surface area contributed by atoms with Crippen LogP contribution >= 0.6 is 0 Å². The standard InChI is InChI=1S/C59H41N/c1-6-18-42(19-7-1)45-30-35-50(36-31-45)60(51-37-32-46(33-38-51)43-20-8-2-9-21-43)57-41-55-52-28-16-17-29-56(52)59(48-24-12-4-13-25-48,49-26-14-5-15-27-49)58(55)53-39-34-47(40-54(53)57)44-22-10-3-11-23-44/h1-41H. The Morgan fingerprint density at radius 2 is 0.683 bits per heavy atom. The van der Waals surface area contributed by atoms with Gasteiger partial charge in [0.1, 0.15) is 0 Å². The number of hydrogen-bond acceptors (Lipinski definition) is 1. The van der Waals surface area contributed by atoms with Gasteiger partial charge < -0.3 is 4.90 Å². The Labute approximate surface area is 352 Å². The van der Waals surface area contributed by atoms with Gasteiger partial charge in [-0.25, -0.2) is 0 Å². The van der Waals surface area contributed by atoms with Crippen molar-refractivity contribution in [3.63, 3.8) is 0 Å². The van der Waals surface area contributed by atoms with E-state index in [1.54, 1.807) is 0 Å². The third kappa shape index (κ3) is 5.86. The average molecular weight is 764 g/mol. The summed E-state index contributed by atoms with van der Waals surface area (Å²) in [5.74, 6) is 0. The topological polar surface area (TPSA) is 3.24 Å². The summed E-state index contributed by atoms with van der Waals surface area (Å²) in [5.41, 5.74) is 17.6. The smallest absolute Gasteiger partial charge is 0.0719 e. The summed E-state index contributed by atoms with van der Waals surface area (Å²) < 4.78 is 0. The molecule has 0 atom stereocenters. The van der Waals surface area contributed by atoms with E-state index in [9.17, 15) is 0 Å². The molecule has 0 saturated carbocycles. The summed E-state index contributed by atoms with van der Waals surface area (Å²) in [5, 5.41) is 2.43. The van der Waals surface area contributed by atoms with Crippen LogP contribution in [0.3, 0.4) is 0 Å². The van der Waals surface area contributed by atoms with Crippen LogP contribution in [0, 0.1) is 0 Å². The summed E-state index contributed by atoms with van der Waals surface area (Å²) >= 11 is 0. The Bertz CT molecular complexity index is 2960. The Morgan fingerprint density at radius 1 is 0.283 bits per heavy atom. The van der Waals surface area contributed by atoms with Crippen molar-refractivity contribution in [1.82, 2.24) is 0 Å². The first-order valence-electron chi connectivity index (χ1n) is 20.8. The molecule has 10 aromatic rings. The van der Waals surface area contributed by atoms with E-state index in [2.05, 4.69) is 254 Å². The zero-order valence-corrected chi connectivity index (χ0v) is 33.1. The lowest BCUT2D eigenvalue weighted by Gasteiger charge is -2.35. The van der Waals surface area contributed by atoms with Gasteiger partial charge in [0.05, 0.1) is 11.1 Å². The first kappa shape index (κ1) is 35.4. The molecule has 10 aromatic carbocycles. The molecule has 0 aliphatic heterocycles. The van der Waals surface area contributed by atoms with Crippen molar-refractivity contribution < 1.29 is 0 Å². The van der Waals surface area contributed by atoms with Crippen LogP contribution < -0.4 is 4.90 Å². The van der Waals surface area contributed by atoms with Crippen LogP contribution in [-0.2, 0) is 5.41 Å². The van der Waals surface area contributed by atoms with Gasteiger partial charge in [0, 0.05) is 16.8 Å². The largest absolute Gasteiger partial charge is 0.310 e. The van der Waals surface area contributed by atoms with Gasteiger partial charge in [0.15, 0.2) is 0 Å². The molecule has 0 unspecified atom stereocenters. The minimum atomic E-state index is -0.543. The Balaban J connectivity index is 1.23. The number of benzene rings is 10. The van der Waals surface area contributed by atoms with Crippen LogP contribution in [0.15, 0.2) is 249 Å². The van der Waals surface area contributed by atoms with E-state index in [1.165, 1.54) is 77.5 Å². The molecule has 1 aliphatic carbocycles. The summed E-state index contributed by atoms with van der Waals surface area (Å²) in [4.78, 5) is 2.47. The fraction of sp³-hybridized carbons (Fsp3) is 0.0169. The second kappa shape index (κ2) is 14.9. The van der Waals surface area contributed by atoms with Crippen LogP contribution in [-0.4, -0.2) is 0 Å². The minimum absolute atomic E-state index is 0.543. The number of nitrogens with zero attached hydrogens (tertiary/aromatic N) is 1. The molecule has 1 nitrogen and oxygen atoms in total. The van der Waals surface area contributed by atoms with Crippen LogP contribution in [0.5, 0.6) is 0 Å². The monoisotopic (exact) mass is 763 g/mol. The average Bonchev–Trinajstić information content (AvgIpc) is 3.64. The fourth-order valence-electron chi connectivity index (χ4n) is 9.63. The zero-order valence-electron chi connectivity index (χ0n) is 33.1. The third-order valence-electron chi connectivity index (χ3n) is 12.3. The first-order valence-corrected chi connectivity index (χ1v) is 20.8. The van der Waals surface area contributed by atoms with Gasteiger partial charge in [0.2, 0.25) is 0 Å². The number of hydrogen-bond donors (Lipinski definition) is 0. The third-order valence-corrected chi connectivity index (χ3v) is 12.3. The normalized spacial score (nSPS) is 12.5. The maximum Gasteiger partial charge on any atom is 0.0719 e.